The van der Waals surface area contributed by atoms with Crippen LogP contribution in [0.15, 0.2) is 17.5 Å². The summed E-state index contributed by atoms with van der Waals surface area (Å²) in [5.41, 5.74) is 0. The Labute approximate surface area is 101 Å². The van der Waals surface area contributed by atoms with Crippen molar-refractivity contribution < 1.29 is 4.79 Å². The van der Waals surface area contributed by atoms with Gasteiger partial charge in [0, 0.05) is 24.4 Å². The lowest BCUT2D eigenvalue weighted by atomic mass is 10.3. The first-order chi connectivity index (χ1) is 6.83. The van der Waals surface area contributed by atoms with E-state index in [0.717, 1.165) is 19.5 Å². The molecule has 1 aromatic rings. The van der Waals surface area contributed by atoms with Gasteiger partial charge in [-0.15, -0.1) is 23.7 Å². The minimum Gasteiger partial charge on any atom is -0.356 e. The predicted molar refractivity (Wildman–Crippen MR) is 66.8 cm³/mol. The van der Waals surface area contributed by atoms with Gasteiger partial charge in [0.25, 0.3) is 0 Å². The molecular weight excluding hydrogens is 232 g/mol. The molecule has 3 nitrogen and oxygen atoms in total. The first-order valence-corrected chi connectivity index (χ1v) is 5.64. The topological polar surface area (TPSA) is 41.1 Å². The molecule has 1 heterocycles. The fourth-order valence-electron chi connectivity index (χ4n) is 1.11. The van der Waals surface area contributed by atoms with E-state index in [1.165, 1.54) is 4.88 Å². The number of nitrogens with one attached hydrogen (secondary N) is 2. The maximum atomic E-state index is 11.2. The zero-order chi connectivity index (χ0) is 10.2. The second-order valence-electron chi connectivity index (χ2n) is 3.03. The highest BCUT2D eigenvalue weighted by Crippen LogP contribution is 2.07. The van der Waals surface area contributed by atoms with Crippen LogP contribution in [0.4, 0.5) is 0 Å². The Morgan fingerprint density at radius 2 is 2.27 bits per heavy atom. The first kappa shape index (κ1) is 14.4. The van der Waals surface area contributed by atoms with Gasteiger partial charge >= 0.3 is 0 Å². The van der Waals surface area contributed by atoms with Crippen LogP contribution in [0.1, 0.15) is 11.3 Å². The molecule has 0 aromatic carbocycles. The molecule has 0 aliphatic heterocycles. The van der Waals surface area contributed by atoms with Gasteiger partial charge in [-0.1, -0.05) is 6.07 Å². The van der Waals surface area contributed by atoms with Gasteiger partial charge in [0.2, 0.25) is 5.91 Å². The molecule has 86 valence electrons. The largest absolute Gasteiger partial charge is 0.356 e. The zero-order valence-electron chi connectivity index (χ0n) is 8.79. The van der Waals surface area contributed by atoms with Gasteiger partial charge in [-0.05, 0) is 24.9 Å². The second kappa shape index (κ2) is 8.71. The molecule has 0 saturated heterocycles. The number of carbonyl (C=O) groups excluding carboxylic acids is 1. The van der Waals surface area contributed by atoms with Crippen LogP contribution in [-0.4, -0.2) is 26.0 Å². The fraction of sp³-hybridized carbons (Fsp3) is 0.500. The Kier molecular flexibility index (Phi) is 8.37. The SMILES string of the molecule is CNCCC(=O)NCCc1cccs1.Cl. The maximum absolute atomic E-state index is 11.2. The van der Waals surface area contributed by atoms with E-state index in [-0.39, 0.29) is 18.3 Å². The lowest BCUT2D eigenvalue weighted by Gasteiger charge is -2.03. The molecule has 0 bridgehead atoms. The van der Waals surface area contributed by atoms with E-state index >= 15 is 0 Å². The van der Waals surface area contributed by atoms with E-state index in [1.807, 2.05) is 13.1 Å². The van der Waals surface area contributed by atoms with Gasteiger partial charge < -0.3 is 10.6 Å². The van der Waals surface area contributed by atoms with Crippen LogP contribution in [0, 0.1) is 0 Å². The van der Waals surface area contributed by atoms with Crippen molar-refractivity contribution in [3.63, 3.8) is 0 Å². The molecule has 0 radical (unpaired) electrons. The Bertz CT molecular complexity index is 264. The monoisotopic (exact) mass is 248 g/mol. The summed E-state index contributed by atoms with van der Waals surface area (Å²) < 4.78 is 0. The molecule has 5 heteroatoms. The summed E-state index contributed by atoms with van der Waals surface area (Å²) in [6.45, 7) is 1.48. The van der Waals surface area contributed by atoms with Crippen molar-refractivity contribution >= 4 is 29.7 Å². The summed E-state index contributed by atoms with van der Waals surface area (Å²) in [4.78, 5) is 12.5. The van der Waals surface area contributed by atoms with E-state index < -0.39 is 0 Å². The Balaban J connectivity index is 0.00000196. The minimum atomic E-state index is 0. The van der Waals surface area contributed by atoms with Crippen molar-refractivity contribution in [1.82, 2.24) is 10.6 Å². The summed E-state index contributed by atoms with van der Waals surface area (Å²) in [6.07, 6.45) is 1.49. The van der Waals surface area contributed by atoms with Crippen LogP contribution < -0.4 is 10.6 Å². The van der Waals surface area contributed by atoms with Crippen LogP contribution in [0.3, 0.4) is 0 Å². The molecule has 1 aromatic heterocycles. The van der Waals surface area contributed by atoms with Crippen molar-refractivity contribution in [2.45, 2.75) is 12.8 Å². The third-order valence-corrected chi connectivity index (χ3v) is 2.81. The van der Waals surface area contributed by atoms with E-state index in [0.29, 0.717) is 6.42 Å². The highest BCUT2D eigenvalue weighted by molar-refractivity contribution is 7.09. The smallest absolute Gasteiger partial charge is 0.221 e. The van der Waals surface area contributed by atoms with Gasteiger partial charge in [0.15, 0.2) is 0 Å². The molecule has 1 rings (SSSR count). The van der Waals surface area contributed by atoms with Crippen LogP contribution in [0.5, 0.6) is 0 Å². The highest BCUT2D eigenvalue weighted by Gasteiger charge is 1.99. The van der Waals surface area contributed by atoms with Crippen LogP contribution in [-0.2, 0) is 11.2 Å². The van der Waals surface area contributed by atoms with Crippen LogP contribution >= 0.6 is 23.7 Å². The van der Waals surface area contributed by atoms with Crippen molar-refractivity contribution in [3.05, 3.63) is 22.4 Å². The van der Waals surface area contributed by atoms with Crippen molar-refractivity contribution in [1.29, 1.82) is 0 Å². The highest BCUT2D eigenvalue weighted by atomic mass is 35.5. The first-order valence-electron chi connectivity index (χ1n) is 4.76. The minimum absolute atomic E-state index is 0. The van der Waals surface area contributed by atoms with Crippen molar-refractivity contribution in [2.75, 3.05) is 20.1 Å². The zero-order valence-corrected chi connectivity index (χ0v) is 10.4. The average molecular weight is 249 g/mol. The number of thiophene rings is 1. The lowest BCUT2D eigenvalue weighted by Crippen LogP contribution is -2.28. The summed E-state index contributed by atoms with van der Waals surface area (Å²) in [6, 6.07) is 4.12. The number of halogens is 1. The molecule has 0 atom stereocenters. The third kappa shape index (κ3) is 6.49. The molecular formula is C10H17ClN2OS. The van der Waals surface area contributed by atoms with Gasteiger partial charge in [0.1, 0.15) is 0 Å². The Hall–Kier alpha value is -0.580. The molecule has 0 saturated carbocycles. The number of rotatable bonds is 6. The Morgan fingerprint density at radius 1 is 1.47 bits per heavy atom. The quantitative estimate of drug-likeness (QED) is 0.800. The molecule has 0 fully saturated rings. The third-order valence-electron chi connectivity index (χ3n) is 1.88. The molecule has 15 heavy (non-hydrogen) atoms. The molecule has 0 aliphatic carbocycles. The Morgan fingerprint density at radius 3 is 2.87 bits per heavy atom. The van der Waals surface area contributed by atoms with E-state index in [9.17, 15) is 4.79 Å². The summed E-state index contributed by atoms with van der Waals surface area (Å²) in [5.74, 6) is 0.121. The van der Waals surface area contributed by atoms with Gasteiger partial charge in [-0.25, -0.2) is 0 Å². The summed E-state index contributed by atoms with van der Waals surface area (Å²) in [5, 5.41) is 7.88. The molecule has 0 unspecified atom stereocenters. The van der Waals surface area contributed by atoms with Gasteiger partial charge in [-0.3, -0.25) is 4.79 Å². The number of hydrogen-bond donors (Lipinski definition) is 2. The van der Waals surface area contributed by atoms with Crippen LogP contribution in [0.25, 0.3) is 0 Å². The van der Waals surface area contributed by atoms with E-state index in [1.54, 1.807) is 11.3 Å². The normalized spacial score (nSPS) is 9.40. The fourth-order valence-corrected chi connectivity index (χ4v) is 1.82. The van der Waals surface area contributed by atoms with Crippen molar-refractivity contribution in [2.24, 2.45) is 0 Å². The lowest BCUT2D eigenvalue weighted by molar-refractivity contribution is -0.120. The summed E-state index contributed by atoms with van der Waals surface area (Å²) in [7, 11) is 1.85. The average Bonchev–Trinajstić information content (AvgIpc) is 2.67. The summed E-state index contributed by atoms with van der Waals surface area (Å²) >= 11 is 1.73. The van der Waals surface area contributed by atoms with E-state index in [2.05, 4.69) is 22.1 Å². The number of amides is 1. The molecule has 0 aliphatic rings. The predicted octanol–water partition coefficient (Wildman–Crippen LogP) is 1.44. The molecule has 2 N–H and O–H groups in total. The van der Waals surface area contributed by atoms with Crippen LogP contribution in [0.2, 0.25) is 0 Å². The van der Waals surface area contributed by atoms with Gasteiger partial charge in [-0.2, -0.15) is 0 Å². The second-order valence-corrected chi connectivity index (χ2v) is 4.07. The number of carbonyl (C=O) groups is 1. The van der Waals surface area contributed by atoms with Crippen molar-refractivity contribution in [3.8, 4) is 0 Å². The standard InChI is InChI=1S/C10H16N2OS.ClH/c1-11-6-5-10(13)12-7-4-9-3-2-8-14-9;/h2-3,8,11H,4-7H2,1H3,(H,12,13);1H. The molecule has 0 spiro atoms. The maximum Gasteiger partial charge on any atom is 0.221 e. The van der Waals surface area contributed by atoms with E-state index in [4.69, 9.17) is 0 Å². The molecule has 1 amide bonds. The number of hydrogen-bond acceptors (Lipinski definition) is 3. The van der Waals surface area contributed by atoms with Gasteiger partial charge in [0.05, 0.1) is 0 Å².